The highest BCUT2D eigenvalue weighted by molar-refractivity contribution is 7.89. The van der Waals surface area contributed by atoms with Gasteiger partial charge in [0.1, 0.15) is 11.5 Å². The largest absolute Gasteiger partial charge is 0.457 e. The minimum atomic E-state index is -3.84. The highest BCUT2D eigenvalue weighted by Crippen LogP contribution is 2.21. The van der Waals surface area contributed by atoms with Crippen LogP contribution in [0.15, 0.2) is 89.8 Å². The third-order valence-corrected chi connectivity index (χ3v) is 4.69. The zero-order chi connectivity index (χ0) is 18.4. The number of carbonyl (C=O) groups excluding carboxylic acids is 1. The summed E-state index contributed by atoms with van der Waals surface area (Å²) in [5.74, 6) is 0.507. The molecule has 2 N–H and O–H groups in total. The molecule has 3 rings (SSSR count). The molecule has 0 aliphatic rings. The van der Waals surface area contributed by atoms with Gasteiger partial charge in [-0.25, -0.2) is 8.42 Å². The lowest BCUT2D eigenvalue weighted by molar-refractivity contribution is 0.0945. The Balaban J connectivity index is 1.68. The molecule has 0 atom stereocenters. The predicted octanol–water partition coefficient (Wildman–Crippen LogP) is 3.10. The summed E-state index contributed by atoms with van der Waals surface area (Å²) in [6.07, 6.45) is 0. The van der Waals surface area contributed by atoms with Crippen LogP contribution in [0.3, 0.4) is 0 Å². The maximum Gasteiger partial charge on any atom is 0.266 e. The molecule has 0 fully saturated rings. The molecule has 0 spiro atoms. The quantitative estimate of drug-likeness (QED) is 0.655. The number of benzene rings is 3. The van der Waals surface area contributed by atoms with Crippen molar-refractivity contribution in [2.24, 2.45) is 0 Å². The van der Waals surface area contributed by atoms with Gasteiger partial charge in [0.2, 0.25) is 0 Å². The first kappa shape index (κ1) is 17.7. The first-order valence-electron chi connectivity index (χ1n) is 7.75. The summed E-state index contributed by atoms with van der Waals surface area (Å²) in [6, 6.07) is 23.3. The summed E-state index contributed by atoms with van der Waals surface area (Å²) in [5.41, 5.74) is 2.45. The number of ether oxygens (including phenoxy) is 1. The Hall–Kier alpha value is -3.16. The number of nitrogens with one attached hydrogen (secondary N) is 2. The summed E-state index contributed by atoms with van der Waals surface area (Å²) in [7, 11) is -3.84. The van der Waals surface area contributed by atoms with E-state index in [1.165, 1.54) is 18.2 Å². The molecule has 0 aliphatic heterocycles. The van der Waals surface area contributed by atoms with Gasteiger partial charge < -0.3 is 4.74 Å². The van der Waals surface area contributed by atoms with Crippen LogP contribution >= 0.6 is 0 Å². The van der Waals surface area contributed by atoms with Crippen molar-refractivity contribution in [3.05, 3.63) is 90.5 Å². The van der Waals surface area contributed by atoms with Crippen LogP contribution in [0.2, 0.25) is 0 Å². The molecular weight excluding hydrogens is 352 g/mol. The van der Waals surface area contributed by atoms with Gasteiger partial charge in [-0.1, -0.05) is 42.5 Å². The van der Waals surface area contributed by atoms with Crippen LogP contribution in [-0.4, -0.2) is 14.3 Å². The van der Waals surface area contributed by atoms with Gasteiger partial charge in [0.05, 0.1) is 4.90 Å². The zero-order valence-electron chi connectivity index (χ0n) is 13.6. The van der Waals surface area contributed by atoms with Crippen molar-refractivity contribution in [2.75, 3.05) is 0 Å². The van der Waals surface area contributed by atoms with Gasteiger partial charge in [-0.2, -0.15) is 0 Å². The van der Waals surface area contributed by atoms with Crippen molar-refractivity contribution in [3.8, 4) is 11.5 Å². The number of carbonyl (C=O) groups is 1. The number of hydrogen-bond acceptors (Lipinski definition) is 4. The van der Waals surface area contributed by atoms with Crippen LogP contribution in [0.4, 0.5) is 0 Å². The summed E-state index contributed by atoms with van der Waals surface area (Å²) in [6.45, 7) is 0. The van der Waals surface area contributed by atoms with Crippen LogP contribution in [0, 0.1) is 0 Å². The monoisotopic (exact) mass is 368 g/mol. The summed E-state index contributed by atoms with van der Waals surface area (Å²) in [5, 5.41) is 0. The molecule has 132 valence electrons. The Morgan fingerprint density at radius 2 is 1.38 bits per heavy atom. The number of rotatable bonds is 6. The summed E-state index contributed by atoms with van der Waals surface area (Å²) < 4.78 is 29.9. The topological polar surface area (TPSA) is 84.5 Å². The van der Waals surface area contributed by atoms with E-state index < -0.39 is 15.9 Å². The normalized spacial score (nSPS) is 10.9. The van der Waals surface area contributed by atoms with Gasteiger partial charge in [-0.3, -0.25) is 10.2 Å². The zero-order valence-corrected chi connectivity index (χ0v) is 14.4. The SMILES string of the molecule is O=C(NNS(=O)(=O)c1ccccc1)c1cccc(Oc2ccccc2)c1. The van der Waals surface area contributed by atoms with E-state index in [-0.39, 0.29) is 10.5 Å². The van der Waals surface area contributed by atoms with Gasteiger partial charge in [-0.05, 0) is 42.5 Å². The molecule has 3 aromatic carbocycles. The lowest BCUT2D eigenvalue weighted by Crippen LogP contribution is -2.41. The molecule has 3 aromatic rings. The molecule has 0 aromatic heterocycles. The molecule has 0 saturated carbocycles. The Kier molecular flexibility index (Phi) is 5.31. The highest BCUT2D eigenvalue weighted by atomic mass is 32.2. The van der Waals surface area contributed by atoms with Crippen LogP contribution in [0.5, 0.6) is 11.5 Å². The van der Waals surface area contributed by atoms with E-state index in [0.29, 0.717) is 11.5 Å². The van der Waals surface area contributed by atoms with Crippen molar-refractivity contribution >= 4 is 15.9 Å². The molecule has 1 amide bonds. The predicted molar refractivity (Wildman–Crippen MR) is 97.2 cm³/mol. The minimum absolute atomic E-state index is 0.0569. The Morgan fingerprint density at radius 1 is 0.769 bits per heavy atom. The molecule has 0 bridgehead atoms. The molecule has 0 aliphatic carbocycles. The average molecular weight is 368 g/mol. The van der Waals surface area contributed by atoms with Crippen molar-refractivity contribution < 1.29 is 17.9 Å². The van der Waals surface area contributed by atoms with E-state index in [4.69, 9.17) is 4.74 Å². The number of hydrogen-bond donors (Lipinski definition) is 2. The van der Waals surface area contributed by atoms with Gasteiger partial charge >= 0.3 is 0 Å². The molecule has 0 saturated heterocycles. The third kappa shape index (κ3) is 4.47. The summed E-state index contributed by atoms with van der Waals surface area (Å²) in [4.78, 5) is 14.4. The molecule has 7 heteroatoms. The van der Waals surface area contributed by atoms with E-state index >= 15 is 0 Å². The fourth-order valence-electron chi connectivity index (χ4n) is 2.17. The van der Waals surface area contributed by atoms with Gasteiger partial charge in [0, 0.05) is 5.56 Å². The second-order valence-electron chi connectivity index (χ2n) is 5.32. The number of amides is 1. The minimum Gasteiger partial charge on any atom is -0.457 e. The maximum absolute atomic E-state index is 12.2. The molecule has 0 radical (unpaired) electrons. The number of hydrazine groups is 1. The van der Waals surface area contributed by atoms with E-state index in [2.05, 4.69) is 10.3 Å². The fraction of sp³-hybridized carbons (Fsp3) is 0. The van der Waals surface area contributed by atoms with Gasteiger partial charge in [0.25, 0.3) is 15.9 Å². The second kappa shape index (κ2) is 7.81. The standard InChI is InChI=1S/C19H16N2O4S/c22-19(20-21-26(23,24)18-12-5-2-6-13-18)15-8-7-11-17(14-15)25-16-9-3-1-4-10-16/h1-14,21H,(H,20,22). The Labute approximate surface area is 151 Å². The number of para-hydroxylation sites is 1. The lowest BCUT2D eigenvalue weighted by atomic mass is 10.2. The smallest absolute Gasteiger partial charge is 0.266 e. The summed E-state index contributed by atoms with van der Waals surface area (Å²) >= 11 is 0. The van der Waals surface area contributed by atoms with E-state index in [1.807, 2.05) is 18.2 Å². The second-order valence-corrected chi connectivity index (χ2v) is 7.00. The van der Waals surface area contributed by atoms with Crippen LogP contribution in [0.25, 0.3) is 0 Å². The Morgan fingerprint density at radius 3 is 2.08 bits per heavy atom. The first-order chi connectivity index (χ1) is 12.5. The maximum atomic E-state index is 12.2. The highest BCUT2D eigenvalue weighted by Gasteiger charge is 2.15. The van der Waals surface area contributed by atoms with Gasteiger partial charge in [0.15, 0.2) is 0 Å². The lowest BCUT2D eigenvalue weighted by Gasteiger charge is -2.10. The van der Waals surface area contributed by atoms with Crippen LogP contribution in [-0.2, 0) is 10.0 Å². The average Bonchev–Trinajstić information content (AvgIpc) is 2.68. The molecule has 26 heavy (non-hydrogen) atoms. The first-order valence-corrected chi connectivity index (χ1v) is 9.23. The fourth-order valence-corrected chi connectivity index (χ4v) is 3.03. The van der Waals surface area contributed by atoms with Crippen molar-refractivity contribution in [1.82, 2.24) is 10.3 Å². The third-order valence-electron chi connectivity index (χ3n) is 3.43. The van der Waals surface area contributed by atoms with Gasteiger partial charge in [-0.15, -0.1) is 4.83 Å². The molecule has 6 nitrogen and oxygen atoms in total. The van der Waals surface area contributed by atoms with Crippen molar-refractivity contribution in [3.63, 3.8) is 0 Å². The van der Waals surface area contributed by atoms with E-state index in [9.17, 15) is 13.2 Å². The van der Waals surface area contributed by atoms with Crippen LogP contribution < -0.4 is 15.0 Å². The van der Waals surface area contributed by atoms with E-state index in [0.717, 1.165) is 0 Å². The molecular formula is C19H16N2O4S. The van der Waals surface area contributed by atoms with E-state index in [1.54, 1.807) is 48.5 Å². The number of sulfonamides is 1. The van der Waals surface area contributed by atoms with Crippen LogP contribution in [0.1, 0.15) is 10.4 Å². The van der Waals surface area contributed by atoms with Crippen molar-refractivity contribution in [2.45, 2.75) is 4.90 Å². The molecule has 0 unspecified atom stereocenters. The Bertz CT molecular complexity index is 990. The van der Waals surface area contributed by atoms with Crippen molar-refractivity contribution in [1.29, 1.82) is 0 Å². The molecule has 0 heterocycles.